The van der Waals surface area contributed by atoms with Crippen molar-refractivity contribution in [3.05, 3.63) is 89.2 Å². The maximum atomic E-state index is 12.8. The van der Waals surface area contributed by atoms with Crippen LogP contribution in [0.4, 0.5) is 0 Å². The number of rotatable bonds is 7. The first kappa shape index (κ1) is 23.6. The zero-order valence-corrected chi connectivity index (χ0v) is 21.2. The van der Waals surface area contributed by atoms with E-state index < -0.39 is 0 Å². The largest absolute Gasteiger partial charge is 0.349 e. The SMILES string of the molecule is Cc1ccc(Cn2c(SCc3ccc(C(=O)N[C@@H]4CCCC[C@@H]4C)cc3)nc3ccncc32)cc1. The van der Waals surface area contributed by atoms with Crippen molar-refractivity contribution >= 4 is 28.7 Å². The van der Waals surface area contributed by atoms with Gasteiger partial charge in [0.1, 0.15) is 0 Å². The van der Waals surface area contributed by atoms with Gasteiger partial charge in [-0.05, 0) is 55.0 Å². The zero-order valence-electron chi connectivity index (χ0n) is 20.4. The molecule has 0 saturated heterocycles. The number of pyridine rings is 1. The van der Waals surface area contributed by atoms with Crippen LogP contribution in [-0.4, -0.2) is 26.5 Å². The van der Waals surface area contributed by atoms with E-state index >= 15 is 0 Å². The van der Waals surface area contributed by atoms with E-state index in [2.05, 4.69) is 65.1 Å². The Labute approximate surface area is 211 Å². The van der Waals surface area contributed by atoms with E-state index in [-0.39, 0.29) is 5.91 Å². The highest BCUT2D eigenvalue weighted by atomic mass is 32.2. The standard InChI is InChI=1S/C29H32N4OS/c1-20-7-9-22(10-8-20)18-33-27-17-30-16-15-26(27)32-29(33)35-19-23-11-13-24(14-12-23)28(34)31-25-6-4-3-5-21(25)2/h7-17,21,25H,3-6,18-19H2,1-2H3,(H,31,34)/t21-,25+/m0/s1. The lowest BCUT2D eigenvalue weighted by molar-refractivity contribution is 0.0910. The molecule has 0 spiro atoms. The topological polar surface area (TPSA) is 59.8 Å². The Hall–Kier alpha value is -3.12. The summed E-state index contributed by atoms with van der Waals surface area (Å²) in [4.78, 5) is 22.0. The number of nitrogens with one attached hydrogen (secondary N) is 1. The van der Waals surface area contributed by atoms with E-state index in [9.17, 15) is 4.79 Å². The average Bonchev–Trinajstić information content (AvgIpc) is 3.23. The van der Waals surface area contributed by atoms with E-state index in [0.717, 1.165) is 40.5 Å². The summed E-state index contributed by atoms with van der Waals surface area (Å²) in [6, 6.07) is 18.9. The number of carbonyl (C=O) groups is 1. The minimum Gasteiger partial charge on any atom is -0.349 e. The van der Waals surface area contributed by atoms with Crippen LogP contribution in [0.1, 0.15) is 59.7 Å². The highest BCUT2D eigenvalue weighted by molar-refractivity contribution is 7.98. The summed E-state index contributed by atoms with van der Waals surface area (Å²) < 4.78 is 2.24. The molecular formula is C29H32N4OS. The summed E-state index contributed by atoms with van der Waals surface area (Å²) >= 11 is 1.71. The van der Waals surface area contributed by atoms with Gasteiger partial charge in [0.2, 0.25) is 0 Å². The first-order valence-electron chi connectivity index (χ1n) is 12.5. The smallest absolute Gasteiger partial charge is 0.251 e. The third-order valence-electron chi connectivity index (χ3n) is 6.99. The number of carbonyl (C=O) groups excluding carboxylic acids is 1. The lowest BCUT2D eigenvalue weighted by Gasteiger charge is -2.29. The molecule has 0 aliphatic heterocycles. The molecule has 1 N–H and O–H groups in total. The summed E-state index contributed by atoms with van der Waals surface area (Å²) in [7, 11) is 0. The molecule has 1 amide bonds. The van der Waals surface area contributed by atoms with Gasteiger partial charge in [-0.15, -0.1) is 0 Å². The maximum absolute atomic E-state index is 12.8. The van der Waals surface area contributed by atoms with Gasteiger partial charge in [0.05, 0.1) is 23.8 Å². The fraction of sp³-hybridized carbons (Fsp3) is 0.345. The lowest BCUT2D eigenvalue weighted by atomic mass is 9.86. The number of thioether (sulfide) groups is 1. The molecule has 2 aromatic heterocycles. The van der Waals surface area contributed by atoms with Gasteiger partial charge in [0.25, 0.3) is 5.91 Å². The molecule has 2 aromatic carbocycles. The molecule has 2 heterocycles. The average molecular weight is 485 g/mol. The molecule has 0 bridgehead atoms. The van der Waals surface area contributed by atoms with Crippen LogP contribution in [0.3, 0.4) is 0 Å². The van der Waals surface area contributed by atoms with Gasteiger partial charge < -0.3 is 9.88 Å². The Morgan fingerprint density at radius 1 is 1.03 bits per heavy atom. The van der Waals surface area contributed by atoms with E-state index in [0.29, 0.717) is 12.0 Å². The van der Waals surface area contributed by atoms with Crippen molar-refractivity contribution in [1.29, 1.82) is 0 Å². The third kappa shape index (κ3) is 5.59. The molecule has 180 valence electrons. The normalized spacial score (nSPS) is 18.0. The summed E-state index contributed by atoms with van der Waals surface area (Å²) in [6.45, 7) is 5.10. The van der Waals surface area contributed by atoms with Crippen LogP contribution in [-0.2, 0) is 12.3 Å². The minimum absolute atomic E-state index is 0.0374. The van der Waals surface area contributed by atoms with Gasteiger partial charge in [0.15, 0.2) is 5.16 Å². The summed E-state index contributed by atoms with van der Waals surface area (Å²) in [5, 5.41) is 4.22. The van der Waals surface area contributed by atoms with Gasteiger partial charge >= 0.3 is 0 Å². The molecule has 1 saturated carbocycles. The monoisotopic (exact) mass is 484 g/mol. The van der Waals surface area contributed by atoms with Gasteiger partial charge in [0, 0.05) is 23.6 Å². The van der Waals surface area contributed by atoms with Crippen LogP contribution in [0.15, 0.2) is 72.1 Å². The molecule has 1 aliphatic carbocycles. The number of amides is 1. The molecule has 1 fully saturated rings. The molecule has 35 heavy (non-hydrogen) atoms. The van der Waals surface area contributed by atoms with Crippen molar-refractivity contribution in [1.82, 2.24) is 19.9 Å². The fourth-order valence-corrected chi connectivity index (χ4v) is 5.74. The maximum Gasteiger partial charge on any atom is 0.251 e. The van der Waals surface area contributed by atoms with E-state index in [1.165, 1.54) is 36.0 Å². The van der Waals surface area contributed by atoms with Crippen LogP contribution in [0.2, 0.25) is 0 Å². The van der Waals surface area contributed by atoms with Crippen LogP contribution >= 0.6 is 11.8 Å². The van der Waals surface area contributed by atoms with Crippen LogP contribution < -0.4 is 5.32 Å². The lowest BCUT2D eigenvalue weighted by Crippen LogP contribution is -2.41. The molecule has 6 heteroatoms. The first-order chi connectivity index (χ1) is 17.1. The Balaban J connectivity index is 1.27. The van der Waals surface area contributed by atoms with Crippen LogP contribution in [0, 0.1) is 12.8 Å². The van der Waals surface area contributed by atoms with Crippen LogP contribution in [0.5, 0.6) is 0 Å². The number of aryl methyl sites for hydroxylation is 1. The van der Waals surface area contributed by atoms with Crippen molar-refractivity contribution < 1.29 is 4.79 Å². The Bertz CT molecular complexity index is 1300. The van der Waals surface area contributed by atoms with Crippen LogP contribution in [0.25, 0.3) is 11.0 Å². The number of hydrogen-bond acceptors (Lipinski definition) is 4. The van der Waals surface area contributed by atoms with Crippen molar-refractivity contribution in [2.75, 3.05) is 0 Å². The van der Waals surface area contributed by atoms with Gasteiger partial charge in [-0.3, -0.25) is 9.78 Å². The third-order valence-corrected chi connectivity index (χ3v) is 8.04. The van der Waals surface area contributed by atoms with Crippen molar-refractivity contribution in [3.8, 4) is 0 Å². The molecule has 5 rings (SSSR count). The Morgan fingerprint density at radius 2 is 1.77 bits per heavy atom. The molecule has 0 radical (unpaired) electrons. The second kappa shape index (κ2) is 10.6. The van der Waals surface area contributed by atoms with Crippen molar-refractivity contribution in [2.45, 2.75) is 63.0 Å². The summed E-state index contributed by atoms with van der Waals surface area (Å²) in [6.07, 6.45) is 8.44. The highest BCUT2D eigenvalue weighted by Gasteiger charge is 2.23. The fourth-order valence-electron chi connectivity index (χ4n) is 4.77. The van der Waals surface area contributed by atoms with Crippen molar-refractivity contribution in [2.24, 2.45) is 5.92 Å². The van der Waals surface area contributed by atoms with Gasteiger partial charge in [-0.25, -0.2) is 4.98 Å². The molecule has 0 unspecified atom stereocenters. The summed E-state index contributed by atoms with van der Waals surface area (Å²) in [5.74, 6) is 1.37. The van der Waals surface area contributed by atoms with Gasteiger partial charge in [-0.1, -0.05) is 73.5 Å². The minimum atomic E-state index is 0.0374. The Kier molecular flexibility index (Phi) is 7.19. The Morgan fingerprint density at radius 3 is 2.54 bits per heavy atom. The summed E-state index contributed by atoms with van der Waals surface area (Å²) in [5.41, 5.74) is 6.39. The molecular weight excluding hydrogens is 452 g/mol. The van der Waals surface area contributed by atoms with E-state index in [1.807, 2.05) is 24.4 Å². The molecule has 5 nitrogen and oxygen atoms in total. The van der Waals surface area contributed by atoms with Gasteiger partial charge in [-0.2, -0.15) is 0 Å². The highest BCUT2D eigenvalue weighted by Crippen LogP contribution is 2.28. The predicted molar refractivity (Wildman–Crippen MR) is 143 cm³/mol. The van der Waals surface area contributed by atoms with Crippen molar-refractivity contribution in [3.63, 3.8) is 0 Å². The first-order valence-corrected chi connectivity index (χ1v) is 13.4. The molecule has 2 atom stereocenters. The second-order valence-corrected chi connectivity index (χ2v) is 10.6. The number of imidazole rings is 1. The number of nitrogens with zero attached hydrogens (tertiary/aromatic N) is 3. The zero-order chi connectivity index (χ0) is 24.2. The number of benzene rings is 2. The number of aromatic nitrogens is 3. The number of hydrogen-bond donors (Lipinski definition) is 1. The van der Waals surface area contributed by atoms with E-state index in [1.54, 1.807) is 18.0 Å². The molecule has 4 aromatic rings. The second-order valence-electron chi connectivity index (χ2n) is 9.66. The predicted octanol–water partition coefficient (Wildman–Crippen LogP) is 6.39. The number of fused-ring (bicyclic) bond motifs is 1. The van der Waals surface area contributed by atoms with E-state index in [4.69, 9.17) is 4.98 Å². The molecule has 1 aliphatic rings. The quantitative estimate of drug-likeness (QED) is 0.309.